The Morgan fingerprint density at radius 1 is 1.00 bits per heavy atom. The molecule has 1 amide bonds. The summed E-state index contributed by atoms with van der Waals surface area (Å²) >= 11 is 3.49. The first kappa shape index (κ1) is 19.7. The number of para-hydroxylation sites is 1. The van der Waals surface area contributed by atoms with Gasteiger partial charge in [0.05, 0.1) is 6.04 Å². The number of amides is 1. The summed E-state index contributed by atoms with van der Waals surface area (Å²) < 4.78 is 18.1. The van der Waals surface area contributed by atoms with E-state index in [1.54, 1.807) is 0 Å². The van der Waals surface area contributed by atoms with Gasteiger partial charge in [-0.1, -0.05) is 40.2 Å². The van der Waals surface area contributed by atoms with Crippen molar-refractivity contribution in [3.05, 3.63) is 93.8 Å². The lowest BCUT2D eigenvalue weighted by molar-refractivity contribution is 0.0661. The van der Waals surface area contributed by atoms with Crippen molar-refractivity contribution < 1.29 is 18.7 Å². The fourth-order valence-corrected chi connectivity index (χ4v) is 5.53. The number of H-pyrrole nitrogens is 1. The topological polar surface area (TPSA) is 67.7 Å². The van der Waals surface area contributed by atoms with Crippen molar-refractivity contribution >= 4 is 43.7 Å². The van der Waals surface area contributed by atoms with Crippen LogP contribution >= 0.6 is 15.9 Å². The van der Waals surface area contributed by atoms with E-state index in [1.165, 1.54) is 10.9 Å². The number of halogens is 1. The second-order valence-corrected chi connectivity index (χ2v) is 9.54. The maximum atomic E-state index is 13.8. The highest BCUT2D eigenvalue weighted by molar-refractivity contribution is 9.10. The number of benzene rings is 3. The fourth-order valence-electron chi connectivity index (χ4n) is 5.15. The first-order valence-electron chi connectivity index (χ1n) is 11.1. The number of ether oxygens (including phenoxy) is 2. The van der Waals surface area contributed by atoms with Gasteiger partial charge >= 0.3 is 0 Å². The van der Waals surface area contributed by atoms with E-state index in [0.29, 0.717) is 23.6 Å². The summed E-state index contributed by atoms with van der Waals surface area (Å²) in [4.78, 5) is 19.3. The van der Waals surface area contributed by atoms with Gasteiger partial charge in [0.15, 0.2) is 17.3 Å². The molecule has 0 saturated carbocycles. The number of aromatic nitrogens is 1. The molecule has 6 nitrogen and oxygen atoms in total. The molecule has 4 heterocycles. The van der Waals surface area contributed by atoms with Crippen LogP contribution in [-0.2, 0) is 6.42 Å². The monoisotopic (exact) mass is 514 g/mol. The Morgan fingerprint density at radius 2 is 1.88 bits per heavy atom. The zero-order chi connectivity index (χ0) is 22.8. The highest BCUT2D eigenvalue weighted by Gasteiger charge is 2.36. The molecule has 0 bridgehead atoms. The minimum Gasteiger partial charge on any atom is -0.454 e. The summed E-state index contributed by atoms with van der Waals surface area (Å²) in [6.07, 6.45) is 0.762. The van der Waals surface area contributed by atoms with E-state index in [9.17, 15) is 4.79 Å². The Kier molecular flexibility index (Phi) is 4.29. The van der Waals surface area contributed by atoms with Gasteiger partial charge in [0.1, 0.15) is 5.58 Å². The SMILES string of the molecule is O=C(c1cc2cc(Br)ccc2o1)N1CCc2c([nH]c3ccccc23)[C@H]1c1ccc2c(c1)OCO2. The fraction of sp³-hybridized carbons (Fsp3) is 0.148. The molecule has 34 heavy (non-hydrogen) atoms. The first-order chi connectivity index (χ1) is 16.7. The summed E-state index contributed by atoms with van der Waals surface area (Å²) in [5.41, 5.74) is 4.99. The summed E-state index contributed by atoms with van der Waals surface area (Å²) in [7, 11) is 0. The molecular formula is C27H19BrN2O4. The lowest BCUT2D eigenvalue weighted by Crippen LogP contribution is -2.40. The normalized spacial score (nSPS) is 16.9. The molecule has 7 heteroatoms. The maximum absolute atomic E-state index is 13.8. The van der Waals surface area contributed by atoms with Crippen LogP contribution in [0.15, 0.2) is 75.6 Å². The van der Waals surface area contributed by atoms with Gasteiger partial charge in [-0.2, -0.15) is 0 Å². The van der Waals surface area contributed by atoms with Crippen LogP contribution in [0.4, 0.5) is 0 Å². The third kappa shape index (κ3) is 2.97. The van der Waals surface area contributed by atoms with E-state index >= 15 is 0 Å². The van der Waals surface area contributed by atoms with Crippen LogP contribution in [0.2, 0.25) is 0 Å². The highest BCUT2D eigenvalue weighted by atomic mass is 79.9. The Hall–Kier alpha value is -3.71. The number of rotatable bonds is 2. The average molecular weight is 515 g/mol. The number of nitrogens with zero attached hydrogens (tertiary/aromatic N) is 1. The van der Waals surface area contributed by atoms with Gasteiger partial charge in [0.2, 0.25) is 6.79 Å². The van der Waals surface area contributed by atoms with Crippen molar-refractivity contribution in [1.82, 2.24) is 9.88 Å². The minimum absolute atomic E-state index is 0.140. The Morgan fingerprint density at radius 3 is 2.82 bits per heavy atom. The number of hydrogen-bond donors (Lipinski definition) is 1. The second-order valence-electron chi connectivity index (χ2n) is 8.62. The van der Waals surface area contributed by atoms with Crippen LogP contribution in [0.3, 0.4) is 0 Å². The predicted octanol–water partition coefficient (Wildman–Crippen LogP) is 6.19. The molecule has 5 aromatic rings. The zero-order valence-corrected chi connectivity index (χ0v) is 19.6. The van der Waals surface area contributed by atoms with Crippen LogP contribution in [0.5, 0.6) is 11.5 Å². The van der Waals surface area contributed by atoms with E-state index in [2.05, 4.69) is 39.1 Å². The van der Waals surface area contributed by atoms with Crippen molar-refractivity contribution in [3.63, 3.8) is 0 Å². The van der Waals surface area contributed by atoms with Gasteiger partial charge in [-0.05, 0) is 60.0 Å². The van der Waals surface area contributed by atoms with Gasteiger partial charge < -0.3 is 23.8 Å². The molecule has 3 aromatic carbocycles. The van der Waals surface area contributed by atoms with Crippen molar-refractivity contribution in [1.29, 1.82) is 0 Å². The lowest BCUT2D eigenvalue weighted by Gasteiger charge is -2.35. The maximum Gasteiger partial charge on any atom is 0.290 e. The van der Waals surface area contributed by atoms with Crippen LogP contribution in [0, 0.1) is 0 Å². The Labute approximate surface area is 203 Å². The second kappa shape index (κ2) is 7.40. The van der Waals surface area contributed by atoms with E-state index in [0.717, 1.165) is 38.8 Å². The molecule has 0 fully saturated rings. The number of aromatic amines is 1. The highest BCUT2D eigenvalue weighted by Crippen LogP contribution is 2.42. The van der Waals surface area contributed by atoms with Gasteiger partial charge in [-0.15, -0.1) is 0 Å². The van der Waals surface area contributed by atoms with Gasteiger partial charge in [0.25, 0.3) is 5.91 Å². The van der Waals surface area contributed by atoms with Crippen LogP contribution in [0.25, 0.3) is 21.9 Å². The van der Waals surface area contributed by atoms with E-state index < -0.39 is 0 Å². The van der Waals surface area contributed by atoms with Crippen molar-refractivity contribution in [2.24, 2.45) is 0 Å². The van der Waals surface area contributed by atoms with E-state index in [4.69, 9.17) is 13.9 Å². The van der Waals surface area contributed by atoms with Crippen LogP contribution < -0.4 is 9.47 Å². The molecule has 2 aliphatic heterocycles. The van der Waals surface area contributed by atoms with Crippen LogP contribution in [0.1, 0.15) is 33.4 Å². The molecule has 168 valence electrons. The van der Waals surface area contributed by atoms with Crippen LogP contribution in [-0.4, -0.2) is 29.1 Å². The molecule has 2 aromatic heterocycles. The molecule has 7 rings (SSSR count). The third-order valence-corrected chi connectivity index (χ3v) is 7.19. The van der Waals surface area contributed by atoms with Crippen molar-refractivity contribution in [3.8, 4) is 11.5 Å². The molecule has 2 aliphatic rings. The molecule has 0 unspecified atom stereocenters. The molecule has 1 atom stereocenters. The predicted molar refractivity (Wildman–Crippen MR) is 131 cm³/mol. The number of nitrogens with one attached hydrogen (secondary N) is 1. The van der Waals surface area contributed by atoms with Crippen molar-refractivity contribution in [2.45, 2.75) is 12.5 Å². The summed E-state index contributed by atoms with van der Waals surface area (Å²) in [5.74, 6) is 1.61. The summed E-state index contributed by atoms with van der Waals surface area (Å²) in [6, 6.07) is 21.4. The largest absolute Gasteiger partial charge is 0.454 e. The standard InChI is InChI=1S/C27H19BrN2O4/c28-17-6-8-21-16(11-17)13-24(34-21)27(31)30-10-9-19-18-3-1-2-4-20(18)29-25(19)26(30)15-5-7-22-23(12-15)33-14-32-22/h1-8,11-13,26,29H,9-10,14H2/t26-/m1/s1. The number of fused-ring (bicyclic) bond motifs is 5. The van der Waals surface area contributed by atoms with Gasteiger partial charge in [-0.25, -0.2) is 0 Å². The minimum atomic E-state index is -0.307. The molecule has 1 N–H and O–H groups in total. The number of hydrogen-bond acceptors (Lipinski definition) is 4. The molecule has 0 radical (unpaired) electrons. The molecule has 0 saturated heterocycles. The zero-order valence-electron chi connectivity index (χ0n) is 18.0. The molecule has 0 spiro atoms. The number of carbonyl (C=O) groups is 1. The third-order valence-electron chi connectivity index (χ3n) is 6.70. The summed E-state index contributed by atoms with van der Waals surface area (Å²) in [6.45, 7) is 0.784. The number of furan rings is 1. The summed E-state index contributed by atoms with van der Waals surface area (Å²) in [5, 5.41) is 2.09. The smallest absolute Gasteiger partial charge is 0.290 e. The molecule has 0 aliphatic carbocycles. The average Bonchev–Trinajstić information content (AvgIpc) is 3.58. The Balaban J connectivity index is 1.38. The Bertz CT molecular complexity index is 1600. The lowest BCUT2D eigenvalue weighted by atomic mass is 9.92. The number of carbonyl (C=O) groups excluding carboxylic acids is 1. The van der Waals surface area contributed by atoms with Gasteiger partial charge in [-0.3, -0.25) is 4.79 Å². The quantitative estimate of drug-likeness (QED) is 0.304. The first-order valence-corrected chi connectivity index (χ1v) is 11.9. The van der Waals surface area contributed by atoms with Gasteiger partial charge in [0, 0.05) is 33.0 Å². The van der Waals surface area contributed by atoms with E-state index in [1.807, 2.05) is 53.4 Å². The van der Waals surface area contributed by atoms with E-state index in [-0.39, 0.29) is 18.7 Å². The van der Waals surface area contributed by atoms with Crippen molar-refractivity contribution in [2.75, 3.05) is 13.3 Å². The molecular weight excluding hydrogens is 496 g/mol.